The number of aryl methyl sites for hydroxylation is 1. The molecule has 2 fully saturated rings. The Bertz CT molecular complexity index is 2250. The third kappa shape index (κ3) is 5.54. The van der Waals surface area contributed by atoms with Gasteiger partial charge in [0.1, 0.15) is 41.4 Å². The highest BCUT2D eigenvalue weighted by Gasteiger charge is 2.51. The second-order valence-electron chi connectivity index (χ2n) is 14.1. The number of para-hydroxylation sites is 1. The molecular formula is C37H38N7O6+. The molecule has 0 saturated carbocycles. The van der Waals surface area contributed by atoms with Crippen LogP contribution in [0.25, 0.3) is 22.1 Å². The molecule has 3 aliphatic heterocycles. The van der Waals surface area contributed by atoms with Crippen LogP contribution in [0, 0.1) is 11.8 Å². The highest BCUT2D eigenvalue weighted by atomic mass is 16.6. The molecule has 0 aliphatic carbocycles. The Morgan fingerprint density at radius 2 is 1.98 bits per heavy atom. The van der Waals surface area contributed by atoms with Gasteiger partial charge in [0, 0.05) is 49.7 Å². The number of benzene rings is 1. The van der Waals surface area contributed by atoms with Gasteiger partial charge in [-0.25, -0.2) is 19.7 Å². The van der Waals surface area contributed by atoms with E-state index in [-0.39, 0.29) is 13.0 Å². The maximum Gasteiger partial charge on any atom is 0.326 e. The van der Waals surface area contributed by atoms with Gasteiger partial charge in [0.15, 0.2) is 29.3 Å². The third-order valence-corrected chi connectivity index (χ3v) is 9.57. The van der Waals surface area contributed by atoms with E-state index >= 15 is 0 Å². The molecule has 1 aromatic carbocycles. The van der Waals surface area contributed by atoms with E-state index in [1.807, 2.05) is 77.3 Å². The zero-order valence-electron chi connectivity index (χ0n) is 28.6. The molecule has 50 heavy (non-hydrogen) atoms. The minimum Gasteiger partial charge on any atom is -0.480 e. The number of anilines is 1. The van der Waals surface area contributed by atoms with Gasteiger partial charge < -0.3 is 28.6 Å². The van der Waals surface area contributed by atoms with E-state index in [0.29, 0.717) is 71.8 Å². The van der Waals surface area contributed by atoms with Crippen LogP contribution >= 0.6 is 0 Å². The first-order valence-corrected chi connectivity index (χ1v) is 16.7. The first-order chi connectivity index (χ1) is 24.0. The molecule has 1 spiro atoms. The average molecular weight is 677 g/mol. The molecule has 256 valence electrons. The number of rotatable bonds is 5. The standard InChI is InChI=1S/C37H37N7O6/c1-22-37(20-47-21-37)48-15-14-43(22)27-16-23(10-11-24-12-13-42(5)41-24)18-38-33(27)49-25-17-28(34(45)46)44(19-25)32-31-30(39-35(40-32)36(2,3)4)26-8-6-7-9-29(26)50-31/h6-9,12-13,16,18,25,28H,14-15,17,19-21H2,1-5H3/p+1/t25-,28-/m0/s1. The molecule has 13 heteroatoms. The Labute approximate surface area is 288 Å². The number of carboxylic acids is 1. The molecular weight excluding hydrogens is 638 g/mol. The summed E-state index contributed by atoms with van der Waals surface area (Å²) >= 11 is 0. The van der Waals surface area contributed by atoms with Crippen LogP contribution in [0.15, 0.2) is 53.2 Å². The van der Waals surface area contributed by atoms with Crippen molar-refractivity contribution in [2.75, 3.05) is 37.8 Å². The fraction of sp³-hybridized carbons (Fsp3) is 0.405. The minimum atomic E-state index is -0.978. The number of ether oxygens (including phenoxy) is 3. The van der Waals surface area contributed by atoms with E-state index in [0.717, 1.165) is 16.8 Å². The highest BCUT2D eigenvalue weighted by Crippen LogP contribution is 2.39. The van der Waals surface area contributed by atoms with E-state index in [2.05, 4.69) is 21.5 Å². The smallest absolute Gasteiger partial charge is 0.326 e. The SMILES string of the molecule is CC1=[N+](c2cc(C#Cc3ccn(C)n3)cnc2O[C@H]2C[C@@H](C(=O)O)N(c3nc(C(C)(C)C)nc4c3oc3ccccc34)C2)CCOC12COC2. The van der Waals surface area contributed by atoms with E-state index in [1.54, 1.807) is 15.8 Å². The molecule has 13 nitrogen and oxygen atoms in total. The van der Waals surface area contributed by atoms with Crippen LogP contribution in [0.1, 0.15) is 51.2 Å². The van der Waals surface area contributed by atoms with Crippen molar-refractivity contribution in [1.29, 1.82) is 0 Å². The molecule has 8 rings (SSSR count). The van der Waals surface area contributed by atoms with Crippen molar-refractivity contribution in [2.45, 2.75) is 57.3 Å². The topological polar surface area (TPSA) is 141 Å². The van der Waals surface area contributed by atoms with Gasteiger partial charge in [0.2, 0.25) is 0 Å². The summed E-state index contributed by atoms with van der Waals surface area (Å²) in [6.07, 6.45) is 3.20. The lowest BCUT2D eigenvalue weighted by Gasteiger charge is -2.41. The number of carbonyl (C=O) groups is 1. The molecule has 0 radical (unpaired) electrons. The number of aliphatic carboxylic acids is 1. The molecule has 7 heterocycles. The first kappa shape index (κ1) is 31.9. The zero-order chi connectivity index (χ0) is 34.8. The number of hydrogen-bond acceptors (Lipinski definition) is 10. The molecule has 0 unspecified atom stereocenters. The second-order valence-corrected chi connectivity index (χ2v) is 14.1. The lowest BCUT2D eigenvalue weighted by Crippen LogP contribution is -2.62. The molecule has 3 aliphatic rings. The summed E-state index contributed by atoms with van der Waals surface area (Å²) in [5.74, 6) is 6.74. The number of nitrogens with zero attached hydrogens (tertiary/aromatic N) is 7. The fourth-order valence-electron chi connectivity index (χ4n) is 6.76. The number of carboxylic acid groups (broad SMARTS) is 1. The van der Waals surface area contributed by atoms with Crippen molar-refractivity contribution in [3.63, 3.8) is 0 Å². The van der Waals surface area contributed by atoms with Crippen LogP contribution in [0.3, 0.4) is 0 Å². The molecule has 2 atom stereocenters. The van der Waals surface area contributed by atoms with Crippen LogP contribution < -0.4 is 9.64 Å². The maximum absolute atomic E-state index is 12.8. The van der Waals surface area contributed by atoms with Gasteiger partial charge in [-0.2, -0.15) is 9.67 Å². The summed E-state index contributed by atoms with van der Waals surface area (Å²) in [5, 5.41) is 15.7. The summed E-state index contributed by atoms with van der Waals surface area (Å²) in [6.45, 7) is 10.4. The summed E-state index contributed by atoms with van der Waals surface area (Å²) in [4.78, 5) is 29.2. The van der Waals surface area contributed by atoms with Crippen molar-refractivity contribution in [1.82, 2.24) is 24.7 Å². The van der Waals surface area contributed by atoms with Crippen molar-refractivity contribution in [2.24, 2.45) is 7.05 Å². The first-order valence-electron chi connectivity index (χ1n) is 16.7. The number of aromatic nitrogens is 5. The van der Waals surface area contributed by atoms with E-state index in [1.165, 1.54) is 0 Å². The summed E-state index contributed by atoms with van der Waals surface area (Å²) in [5.41, 5.74) is 3.94. The lowest BCUT2D eigenvalue weighted by atomic mass is 9.94. The van der Waals surface area contributed by atoms with Crippen molar-refractivity contribution in [3.05, 3.63) is 65.9 Å². The Morgan fingerprint density at radius 1 is 1.16 bits per heavy atom. The fourth-order valence-corrected chi connectivity index (χ4v) is 6.76. The quantitative estimate of drug-likeness (QED) is 0.211. The van der Waals surface area contributed by atoms with Gasteiger partial charge in [0.05, 0.1) is 25.3 Å². The predicted octanol–water partition coefficient (Wildman–Crippen LogP) is 4.22. The molecule has 0 bridgehead atoms. The normalized spacial score (nSPS) is 20.3. The van der Waals surface area contributed by atoms with E-state index in [9.17, 15) is 9.90 Å². The van der Waals surface area contributed by atoms with Crippen molar-refractivity contribution >= 4 is 45.3 Å². The van der Waals surface area contributed by atoms with Crippen molar-refractivity contribution < 1.29 is 33.1 Å². The zero-order valence-corrected chi connectivity index (χ0v) is 28.6. The highest BCUT2D eigenvalue weighted by molar-refractivity contribution is 6.06. The minimum absolute atomic E-state index is 0.206. The van der Waals surface area contributed by atoms with Crippen LogP contribution in [0.4, 0.5) is 11.5 Å². The van der Waals surface area contributed by atoms with Crippen LogP contribution in [0.5, 0.6) is 5.88 Å². The third-order valence-electron chi connectivity index (χ3n) is 9.57. The van der Waals surface area contributed by atoms with Crippen molar-refractivity contribution in [3.8, 4) is 17.7 Å². The Hall–Kier alpha value is -5.32. The number of hydrogen-bond donors (Lipinski definition) is 1. The summed E-state index contributed by atoms with van der Waals surface area (Å²) < 4.78 is 28.6. The van der Waals surface area contributed by atoms with Gasteiger partial charge in [-0.05, 0) is 24.1 Å². The van der Waals surface area contributed by atoms with Gasteiger partial charge in [-0.1, -0.05) is 38.8 Å². The van der Waals surface area contributed by atoms with Gasteiger partial charge in [-0.3, -0.25) is 4.68 Å². The predicted molar refractivity (Wildman–Crippen MR) is 184 cm³/mol. The number of fused-ring (bicyclic) bond motifs is 3. The second kappa shape index (κ2) is 11.9. The Morgan fingerprint density at radius 3 is 2.70 bits per heavy atom. The van der Waals surface area contributed by atoms with Crippen LogP contribution in [0.2, 0.25) is 0 Å². The summed E-state index contributed by atoms with van der Waals surface area (Å²) in [7, 11) is 1.85. The average Bonchev–Trinajstić information content (AvgIpc) is 3.79. The maximum atomic E-state index is 12.8. The molecule has 1 N–H and O–H groups in total. The van der Waals surface area contributed by atoms with Gasteiger partial charge in [-0.15, -0.1) is 0 Å². The monoisotopic (exact) mass is 676 g/mol. The van der Waals surface area contributed by atoms with Gasteiger partial charge >= 0.3 is 5.97 Å². The van der Waals surface area contributed by atoms with Crippen LogP contribution in [-0.2, 0) is 26.7 Å². The van der Waals surface area contributed by atoms with Gasteiger partial charge in [0.25, 0.3) is 11.6 Å². The lowest BCUT2D eigenvalue weighted by molar-refractivity contribution is -0.473. The number of pyridine rings is 1. The molecule has 4 aromatic heterocycles. The Kier molecular flexibility index (Phi) is 7.61. The van der Waals surface area contributed by atoms with E-state index < -0.39 is 29.1 Å². The Balaban J connectivity index is 1.18. The summed E-state index contributed by atoms with van der Waals surface area (Å²) in [6, 6.07) is 10.6. The van der Waals surface area contributed by atoms with E-state index in [4.69, 9.17) is 33.6 Å². The van der Waals surface area contributed by atoms with Crippen LogP contribution in [-0.4, -0.2) is 96.8 Å². The molecule has 5 aromatic rings. The largest absolute Gasteiger partial charge is 0.480 e. The number of furan rings is 1. The molecule has 0 amide bonds. The molecule has 2 saturated heterocycles.